The Morgan fingerprint density at radius 1 is 1.23 bits per heavy atom. The molecule has 0 spiro atoms. The van der Waals surface area contributed by atoms with Gasteiger partial charge in [0.25, 0.3) is 0 Å². The second-order valence-electron chi connectivity index (χ2n) is 6.90. The van der Waals surface area contributed by atoms with Crippen LogP contribution >= 0.6 is 0 Å². The monoisotopic (exact) mass is 424 g/mol. The average molecular weight is 424 g/mol. The number of hydrogen-bond acceptors (Lipinski definition) is 7. The van der Waals surface area contributed by atoms with Crippen molar-refractivity contribution in [3.05, 3.63) is 76.2 Å². The van der Waals surface area contributed by atoms with Crippen LogP contribution in [0.5, 0.6) is 5.75 Å². The lowest BCUT2D eigenvalue weighted by atomic mass is 10.0. The Labute approximate surface area is 173 Å². The molecule has 0 saturated heterocycles. The highest BCUT2D eigenvalue weighted by Crippen LogP contribution is 2.37. The van der Waals surface area contributed by atoms with Crippen LogP contribution in [0.4, 0.5) is 20.3 Å². The van der Waals surface area contributed by atoms with Crippen LogP contribution < -0.4 is 10.1 Å². The maximum Gasteiger partial charge on any atom is 0.329 e. The number of rotatable bonds is 4. The number of fused-ring (bicyclic) bond motifs is 2. The minimum absolute atomic E-state index is 0.0460. The third-order valence-corrected chi connectivity index (χ3v) is 5.01. The van der Waals surface area contributed by atoms with Crippen LogP contribution in [-0.4, -0.2) is 31.0 Å². The van der Waals surface area contributed by atoms with E-state index in [-0.39, 0.29) is 29.8 Å². The normalized spacial score (nSPS) is 15.4. The summed E-state index contributed by atoms with van der Waals surface area (Å²) in [6.45, 7) is 0.239. The van der Waals surface area contributed by atoms with Crippen LogP contribution in [0.1, 0.15) is 18.0 Å². The van der Waals surface area contributed by atoms with Crippen LogP contribution in [0.2, 0.25) is 0 Å². The number of ether oxygens (including phenoxy) is 1. The molecule has 1 unspecified atom stereocenters. The first-order chi connectivity index (χ1) is 15.0. The van der Waals surface area contributed by atoms with Gasteiger partial charge in [-0.15, -0.1) is 0 Å². The number of benzene rings is 2. The summed E-state index contributed by atoms with van der Waals surface area (Å²) in [5, 5.41) is 14.6. The molecule has 11 heteroatoms. The first-order valence-electron chi connectivity index (χ1n) is 9.33. The summed E-state index contributed by atoms with van der Waals surface area (Å²) in [6.07, 6.45) is 2.93. The van der Waals surface area contributed by atoms with E-state index in [0.29, 0.717) is 23.0 Å². The zero-order valence-electron chi connectivity index (χ0n) is 15.8. The highest BCUT2D eigenvalue weighted by Gasteiger charge is 2.27. The summed E-state index contributed by atoms with van der Waals surface area (Å²) in [5.74, 6) is -0.827. The summed E-state index contributed by atoms with van der Waals surface area (Å²) in [4.78, 5) is 23.5. The van der Waals surface area contributed by atoms with Gasteiger partial charge >= 0.3 is 5.69 Å². The van der Waals surface area contributed by atoms with Gasteiger partial charge in [0.2, 0.25) is 11.8 Å². The van der Waals surface area contributed by atoms with Gasteiger partial charge in [0.15, 0.2) is 11.6 Å². The minimum atomic E-state index is -0.608. The summed E-state index contributed by atoms with van der Waals surface area (Å²) in [6, 6.07) is 8.13. The number of imidazole rings is 1. The number of hydrogen-bond donors (Lipinski definition) is 1. The van der Waals surface area contributed by atoms with E-state index in [9.17, 15) is 18.9 Å². The summed E-state index contributed by atoms with van der Waals surface area (Å²) in [7, 11) is 0. The Kier molecular flexibility index (Phi) is 4.42. The van der Waals surface area contributed by atoms with Gasteiger partial charge in [-0.3, -0.25) is 14.7 Å². The van der Waals surface area contributed by atoms with Gasteiger partial charge in [-0.05, 0) is 18.2 Å². The lowest BCUT2D eigenvalue weighted by molar-refractivity contribution is -0.384. The maximum absolute atomic E-state index is 14.1. The fourth-order valence-electron chi connectivity index (χ4n) is 3.56. The van der Waals surface area contributed by atoms with Gasteiger partial charge in [0.1, 0.15) is 18.3 Å². The molecule has 4 aromatic rings. The van der Waals surface area contributed by atoms with E-state index in [0.717, 1.165) is 6.20 Å². The molecule has 1 aliphatic heterocycles. The van der Waals surface area contributed by atoms with Crippen LogP contribution in [-0.2, 0) is 0 Å². The van der Waals surface area contributed by atoms with Crippen LogP contribution in [0.15, 0.2) is 48.9 Å². The zero-order valence-corrected chi connectivity index (χ0v) is 15.8. The van der Waals surface area contributed by atoms with Gasteiger partial charge in [0.05, 0.1) is 28.6 Å². The van der Waals surface area contributed by atoms with Crippen LogP contribution in [0.3, 0.4) is 0 Å². The van der Waals surface area contributed by atoms with Crippen LogP contribution in [0.25, 0.3) is 17.0 Å². The molecule has 0 amide bonds. The molecule has 1 N–H and O–H groups in total. The third kappa shape index (κ3) is 3.29. The van der Waals surface area contributed by atoms with Crippen molar-refractivity contribution in [2.45, 2.75) is 12.5 Å². The lowest BCUT2D eigenvalue weighted by Gasteiger charge is -2.27. The average Bonchev–Trinajstić information content (AvgIpc) is 3.17. The van der Waals surface area contributed by atoms with E-state index >= 15 is 0 Å². The molecule has 0 aliphatic carbocycles. The number of nitrogens with zero attached hydrogens (tertiary/aromatic N) is 5. The molecule has 156 valence electrons. The van der Waals surface area contributed by atoms with Gasteiger partial charge in [-0.25, -0.2) is 18.7 Å². The van der Waals surface area contributed by atoms with E-state index in [1.165, 1.54) is 35.2 Å². The molecule has 0 saturated carbocycles. The molecule has 9 nitrogen and oxygen atoms in total. The molecule has 0 radical (unpaired) electrons. The smallest absolute Gasteiger partial charge is 0.329 e. The number of anilines is 1. The topological polar surface area (TPSA) is 108 Å². The van der Waals surface area contributed by atoms with E-state index < -0.39 is 22.6 Å². The SMILES string of the molecule is O=[N+]([O-])c1cnc(-n2cnc3ccc(F)cc32)nc1NC1CCOc2c(F)cccc21. The predicted octanol–water partition coefficient (Wildman–Crippen LogP) is 3.94. The van der Waals surface area contributed by atoms with Crippen LogP contribution in [0, 0.1) is 21.7 Å². The Hall–Kier alpha value is -4.15. The number of aromatic nitrogens is 4. The molecule has 2 aromatic heterocycles. The summed E-state index contributed by atoms with van der Waals surface area (Å²) < 4.78 is 34.7. The van der Waals surface area contributed by atoms with Crippen molar-refractivity contribution in [3.8, 4) is 11.7 Å². The van der Waals surface area contributed by atoms with Gasteiger partial charge in [-0.1, -0.05) is 12.1 Å². The van der Waals surface area contributed by atoms with Crippen molar-refractivity contribution >= 4 is 22.5 Å². The van der Waals surface area contributed by atoms with E-state index in [1.54, 1.807) is 12.1 Å². The maximum atomic E-state index is 14.1. The Morgan fingerprint density at radius 2 is 2.10 bits per heavy atom. The highest BCUT2D eigenvalue weighted by molar-refractivity contribution is 5.76. The fourth-order valence-corrected chi connectivity index (χ4v) is 3.56. The van der Waals surface area contributed by atoms with Crippen molar-refractivity contribution < 1.29 is 18.4 Å². The largest absolute Gasteiger partial charge is 0.490 e. The highest BCUT2D eigenvalue weighted by atomic mass is 19.1. The van der Waals surface area contributed by atoms with Crippen molar-refractivity contribution in [2.24, 2.45) is 0 Å². The zero-order chi connectivity index (χ0) is 21.5. The molecule has 3 heterocycles. The first-order valence-corrected chi connectivity index (χ1v) is 9.33. The fraction of sp³-hybridized carbons (Fsp3) is 0.150. The quantitative estimate of drug-likeness (QED) is 0.390. The summed E-state index contributed by atoms with van der Waals surface area (Å²) in [5.41, 5.74) is 1.13. The van der Waals surface area contributed by atoms with Crippen molar-refractivity contribution in [1.82, 2.24) is 19.5 Å². The Bertz CT molecular complexity index is 1330. The molecule has 0 fully saturated rings. The molecule has 5 rings (SSSR count). The second-order valence-corrected chi connectivity index (χ2v) is 6.90. The third-order valence-electron chi connectivity index (χ3n) is 5.01. The van der Waals surface area contributed by atoms with Gasteiger partial charge < -0.3 is 10.1 Å². The summed E-state index contributed by atoms with van der Waals surface area (Å²) >= 11 is 0. The van der Waals surface area contributed by atoms with Gasteiger partial charge in [-0.2, -0.15) is 4.98 Å². The Morgan fingerprint density at radius 3 is 2.94 bits per heavy atom. The number of nitrogens with one attached hydrogen (secondary N) is 1. The predicted molar refractivity (Wildman–Crippen MR) is 106 cm³/mol. The molecular formula is C20H14F2N6O3. The number of halogens is 2. The molecular weight excluding hydrogens is 410 g/mol. The number of nitro groups is 1. The van der Waals surface area contributed by atoms with E-state index in [2.05, 4.69) is 20.3 Å². The molecule has 2 aromatic carbocycles. The van der Waals surface area contributed by atoms with Crippen molar-refractivity contribution in [1.29, 1.82) is 0 Å². The molecule has 0 bridgehead atoms. The van der Waals surface area contributed by atoms with Gasteiger partial charge in [0, 0.05) is 18.1 Å². The second kappa shape index (κ2) is 7.27. The first kappa shape index (κ1) is 18.9. The van der Waals surface area contributed by atoms with Crippen molar-refractivity contribution in [3.63, 3.8) is 0 Å². The lowest BCUT2D eigenvalue weighted by Crippen LogP contribution is -2.22. The molecule has 31 heavy (non-hydrogen) atoms. The molecule has 1 aliphatic rings. The standard InChI is InChI=1S/C20H14F2N6O3/c21-11-4-5-15-16(8-11)27(10-24-15)20-23-9-17(28(29)30)19(26-20)25-14-6-7-31-18-12(14)2-1-3-13(18)22/h1-5,8-10,14H,6-7H2,(H,23,25,26). The molecule has 1 atom stereocenters. The van der Waals surface area contributed by atoms with E-state index in [1.807, 2.05) is 0 Å². The number of para-hydroxylation sites is 1. The van der Waals surface area contributed by atoms with E-state index in [4.69, 9.17) is 4.74 Å². The van der Waals surface area contributed by atoms with Crippen molar-refractivity contribution in [2.75, 3.05) is 11.9 Å². The Balaban J connectivity index is 1.58. The minimum Gasteiger partial charge on any atom is -0.490 e.